The normalized spacial score (nSPS) is 16.0. The van der Waals surface area contributed by atoms with E-state index in [-0.39, 0.29) is 11.9 Å². The summed E-state index contributed by atoms with van der Waals surface area (Å²) in [5.74, 6) is 0.882. The van der Waals surface area contributed by atoms with Crippen LogP contribution in [0.5, 0.6) is 0 Å². The van der Waals surface area contributed by atoms with Crippen molar-refractivity contribution in [3.63, 3.8) is 0 Å². The average molecular weight is 393 g/mol. The lowest BCUT2D eigenvalue weighted by Crippen LogP contribution is -2.55. The molecule has 3 amide bonds. The fourth-order valence-corrected chi connectivity index (χ4v) is 3.47. The van der Waals surface area contributed by atoms with Gasteiger partial charge in [0.25, 0.3) is 0 Å². The van der Waals surface area contributed by atoms with E-state index in [0.29, 0.717) is 13.1 Å². The van der Waals surface area contributed by atoms with Crippen molar-refractivity contribution in [2.45, 2.75) is 19.4 Å². The van der Waals surface area contributed by atoms with Crippen LogP contribution in [-0.2, 0) is 11.2 Å². The van der Waals surface area contributed by atoms with E-state index in [2.05, 4.69) is 29.4 Å². The predicted molar refractivity (Wildman–Crippen MR) is 112 cm³/mol. The highest BCUT2D eigenvalue weighted by molar-refractivity contribution is 7.98. The smallest absolute Gasteiger partial charge is 0.318 e. The lowest BCUT2D eigenvalue weighted by Gasteiger charge is -2.34. The second-order valence-corrected chi connectivity index (χ2v) is 8.00. The second kappa shape index (κ2) is 11.2. The Bertz CT molecular complexity index is 591. The maximum atomic E-state index is 12.7. The lowest BCUT2D eigenvalue weighted by atomic mass is 10.1. The van der Waals surface area contributed by atoms with E-state index < -0.39 is 6.04 Å². The highest BCUT2D eigenvalue weighted by Gasteiger charge is 2.26. The number of nitrogens with zero attached hydrogens (tertiary/aromatic N) is 3. The summed E-state index contributed by atoms with van der Waals surface area (Å²) in [5.41, 5.74) is 1.21. The number of urea groups is 1. The Morgan fingerprint density at radius 2 is 1.81 bits per heavy atom. The first-order valence-electron chi connectivity index (χ1n) is 9.57. The molecule has 1 heterocycles. The molecule has 1 aromatic rings. The largest absolute Gasteiger partial charge is 0.338 e. The van der Waals surface area contributed by atoms with Gasteiger partial charge in [0, 0.05) is 45.0 Å². The third-order valence-corrected chi connectivity index (χ3v) is 5.48. The molecule has 0 saturated carbocycles. The molecule has 1 aliphatic heterocycles. The van der Waals surface area contributed by atoms with Gasteiger partial charge in [-0.25, -0.2) is 4.79 Å². The van der Waals surface area contributed by atoms with Crippen LogP contribution in [0.15, 0.2) is 30.3 Å². The Morgan fingerprint density at radius 3 is 2.44 bits per heavy atom. The number of hydrogen-bond acceptors (Lipinski definition) is 4. The van der Waals surface area contributed by atoms with E-state index in [1.165, 1.54) is 5.56 Å². The zero-order valence-corrected chi connectivity index (χ0v) is 17.5. The van der Waals surface area contributed by atoms with Gasteiger partial charge in [-0.05, 0) is 32.2 Å². The first kappa shape index (κ1) is 21.6. The molecule has 1 fully saturated rings. The van der Waals surface area contributed by atoms with Crippen molar-refractivity contribution >= 4 is 23.7 Å². The number of hydrogen-bond donors (Lipinski definition) is 1. The van der Waals surface area contributed by atoms with Crippen LogP contribution in [0.25, 0.3) is 0 Å². The standard InChI is InChI=1S/C20H32N4O2S/c1-17(19(25)23-13-11-22(2)12-14-23)21-20(26)24(15-16-27-3)10-9-18-7-5-4-6-8-18/h4-8,17H,9-16H2,1-3H3,(H,21,26). The van der Waals surface area contributed by atoms with Crippen LogP contribution < -0.4 is 5.32 Å². The number of benzene rings is 1. The van der Waals surface area contributed by atoms with Gasteiger partial charge in [-0.1, -0.05) is 30.3 Å². The van der Waals surface area contributed by atoms with Gasteiger partial charge < -0.3 is 20.0 Å². The van der Waals surface area contributed by atoms with Crippen LogP contribution >= 0.6 is 11.8 Å². The zero-order valence-electron chi connectivity index (χ0n) is 16.7. The van der Waals surface area contributed by atoms with E-state index in [1.54, 1.807) is 18.7 Å². The van der Waals surface area contributed by atoms with Crippen LogP contribution in [0, 0.1) is 0 Å². The fourth-order valence-electron chi connectivity index (χ4n) is 3.06. The van der Waals surface area contributed by atoms with Crippen molar-refractivity contribution in [3.8, 4) is 0 Å². The van der Waals surface area contributed by atoms with Crippen molar-refractivity contribution in [2.75, 3.05) is 58.3 Å². The van der Waals surface area contributed by atoms with Crippen molar-refractivity contribution in [1.82, 2.24) is 20.0 Å². The molecule has 1 N–H and O–H groups in total. The van der Waals surface area contributed by atoms with Gasteiger partial charge in [-0.15, -0.1) is 0 Å². The van der Waals surface area contributed by atoms with Gasteiger partial charge in [-0.2, -0.15) is 11.8 Å². The number of thioether (sulfide) groups is 1. The van der Waals surface area contributed by atoms with Crippen LogP contribution in [0.2, 0.25) is 0 Å². The first-order valence-corrected chi connectivity index (χ1v) is 11.0. The molecule has 0 spiro atoms. The van der Waals surface area contributed by atoms with Crippen LogP contribution in [0.1, 0.15) is 12.5 Å². The lowest BCUT2D eigenvalue weighted by molar-refractivity contribution is -0.134. The molecule has 7 heteroatoms. The van der Waals surface area contributed by atoms with E-state index in [9.17, 15) is 9.59 Å². The van der Waals surface area contributed by atoms with Crippen molar-refractivity contribution in [3.05, 3.63) is 35.9 Å². The third kappa shape index (κ3) is 7.07. The predicted octanol–water partition coefficient (Wildman–Crippen LogP) is 1.77. The molecular weight excluding hydrogens is 360 g/mol. The molecule has 0 radical (unpaired) electrons. The van der Waals surface area contributed by atoms with Gasteiger partial charge in [-0.3, -0.25) is 4.79 Å². The summed E-state index contributed by atoms with van der Waals surface area (Å²) in [5, 5.41) is 2.91. The third-order valence-electron chi connectivity index (χ3n) is 4.89. The summed E-state index contributed by atoms with van der Waals surface area (Å²) in [4.78, 5) is 31.2. The molecule has 27 heavy (non-hydrogen) atoms. The van der Waals surface area contributed by atoms with Crippen LogP contribution in [0.3, 0.4) is 0 Å². The SMILES string of the molecule is CSCCN(CCc1ccccc1)C(=O)NC(C)C(=O)N1CCN(C)CC1. The minimum Gasteiger partial charge on any atom is -0.338 e. The summed E-state index contributed by atoms with van der Waals surface area (Å²) in [6, 6.07) is 9.50. The highest BCUT2D eigenvalue weighted by atomic mass is 32.2. The highest BCUT2D eigenvalue weighted by Crippen LogP contribution is 2.06. The van der Waals surface area contributed by atoms with Crippen LogP contribution in [-0.4, -0.2) is 91.0 Å². The average Bonchev–Trinajstić information content (AvgIpc) is 2.68. The maximum absolute atomic E-state index is 12.7. The molecule has 1 atom stereocenters. The summed E-state index contributed by atoms with van der Waals surface area (Å²) in [6.07, 6.45) is 2.84. The zero-order chi connectivity index (χ0) is 19.6. The van der Waals surface area contributed by atoms with Gasteiger partial charge in [0.2, 0.25) is 5.91 Å². The van der Waals surface area contributed by atoms with Crippen molar-refractivity contribution < 1.29 is 9.59 Å². The molecule has 2 rings (SSSR count). The molecule has 0 aromatic heterocycles. The van der Waals surface area contributed by atoms with Crippen molar-refractivity contribution in [2.24, 2.45) is 0 Å². The Labute approximate surface area is 167 Å². The molecule has 150 valence electrons. The molecule has 1 saturated heterocycles. The minimum absolute atomic E-state index is 0.00401. The van der Waals surface area contributed by atoms with Gasteiger partial charge >= 0.3 is 6.03 Å². The summed E-state index contributed by atoms with van der Waals surface area (Å²) < 4.78 is 0. The molecule has 0 bridgehead atoms. The number of likely N-dealkylation sites (N-methyl/N-ethyl adjacent to an activating group) is 1. The van der Waals surface area contributed by atoms with Gasteiger partial charge in [0.05, 0.1) is 0 Å². The fraction of sp³-hybridized carbons (Fsp3) is 0.600. The molecular formula is C20H32N4O2S. The monoisotopic (exact) mass is 392 g/mol. The van der Waals surface area contributed by atoms with Gasteiger partial charge in [0.1, 0.15) is 6.04 Å². The topological polar surface area (TPSA) is 55.9 Å². The first-order chi connectivity index (χ1) is 13.0. The Balaban J connectivity index is 1.88. The number of carbonyl (C=O) groups excluding carboxylic acids is 2. The van der Waals surface area contributed by atoms with E-state index in [1.807, 2.05) is 34.3 Å². The number of amides is 3. The summed E-state index contributed by atoms with van der Waals surface area (Å²) in [7, 11) is 2.06. The summed E-state index contributed by atoms with van der Waals surface area (Å²) >= 11 is 1.72. The summed E-state index contributed by atoms with van der Waals surface area (Å²) in [6.45, 7) is 6.30. The molecule has 1 aliphatic rings. The number of carbonyl (C=O) groups is 2. The molecule has 6 nitrogen and oxygen atoms in total. The quantitative estimate of drug-likeness (QED) is 0.733. The van der Waals surface area contributed by atoms with Crippen LogP contribution in [0.4, 0.5) is 4.79 Å². The minimum atomic E-state index is -0.505. The van der Waals surface area contributed by atoms with Crippen molar-refractivity contribution in [1.29, 1.82) is 0 Å². The number of rotatable bonds is 8. The van der Waals surface area contributed by atoms with E-state index in [4.69, 9.17) is 0 Å². The van der Waals surface area contributed by atoms with E-state index in [0.717, 1.165) is 38.4 Å². The number of nitrogens with one attached hydrogen (secondary N) is 1. The Kier molecular flexibility index (Phi) is 8.94. The molecule has 0 aliphatic carbocycles. The Morgan fingerprint density at radius 1 is 1.15 bits per heavy atom. The molecule has 1 unspecified atom stereocenters. The second-order valence-electron chi connectivity index (χ2n) is 7.02. The van der Waals surface area contributed by atoms with Gasteiger partial charge in [0.15, 0.2) is 0 Å². The van der Waals surface area contributed by atoms with E-state index >= 15 is 0 Å². The molecule has 1 aromatic carbocycles. The number of piperazine rings is 1. The Hall–Kier alpha value is -1.73. The maximum Gasteiger partial charge on any atom is 0.318 e.